The number of hydrogen-bond donors (Lipinski definition) is 1. The lowest BCUT2D eigenvalue weighted by Crippen LogP contribution is -2.37. The summed E-state index contributed by atoms with van der Waals surface area (Å²) >= 11 is 0. The Balaban J connectivity index is 1.79. The molecule has 0 unspecified atom stereocenters. The topological polar surface area (TPSA) is 73.0 Å². The van der Waals surface area contributed by atoms with Gasteiger partial charge in [0.05, 0.1) is 0 Å². The SMILES string of the molecule is Cc1ccc(CC[C@H](C)NC(=O)[C@@H](C)n2cncn2)o1. The lowest BCUT2D eigenvalue weighted by molar-refractivity contribution is -0.124. The van der Waals surface area contributed by atoms with Gasteiger partial charge in [0.2, 0.25) is 5.91 Å². The molecule has 2 atom stereocenters. The summed E-state index contributed by atoms with van der Waals surface area (Å²) in [5.74, 6) is 1.81. The number of nitrogens with one attached hydrogen (secondary N) is 1. The average molecular weight is 276 g/mol. The second-order valence-electron chi connectivity index (χ2n) is 5.01. The van der Waals surface area contributed by atoms with Gasteiger partial charge in [0, 0.05) is 12.5 Å². The van der Waals surface area contributed by atoms with E-state index in [-0.39, 0.29) is 18.0 Å². The summed E-state index contributed by atoms with van der Waals surface area (Å²) in [5, 5.41) is 6.95. The fourth-order valence-corrected chi connectivity index (χ4v) is 1.95. The molecule has 6 heteroatoms. The third-order valence-electron chi connectivity index (χ3n) is 3.22. The molecule has 0 saturated carbocycles. The molecule has 0 spiro atoms. The van der Waals surface area contributed by atoms with Crippen LogP contribution in [0.5, 0.6) is 0 Å². The molecule has 1 amide bonds. The number of amides is 1. The van der Waals surface area contributed by atoms with Crippen molar-refractivity contribution in [1.29, 1.82) is 0 Å². The van der Waals surface area contributed by atoms with Gasteiger partial charge in [0.1, 0.15) is 30.2 Å². The second-order valence-corrected chi connectivity index (χ2v) is 5.01. The summed E-state index contributed by atoms with van der Waals surface area (Å²) in [4.78, 5) is 15.9. The van der Waals surface area contributed by atoms with Crippen LogP contribution in [-0.4, -0.2) is 26.7 Å². The zero-order valence-electron chi connectivity index (χ0n) is 12.0. The highest BCUT2D eigenvalue weighted by molar-refractivity contribution is 5.79. The zero-order valence-corrected chi connectivity index (χ0v) is 12.0. The fraction of sp³-hybridized carbons (Fsp3) is 0.500. The summed E-state index contributed by atoms with van der Waals surface area (Å²) in [7, 11) is 0. The van der Waals surface area contributed by atoms with Crippen molar-refractivity contribution in [2.75, 3.05) is 0 Å². The highest BCUT2D eigenvalue weighted by Crippen LogP contribution is 2.10. The van der Waals surface area contributed by atoms with Gasteiger partial charge in [0.25, 0.3) is 0 Å². The Bertz CT molecular complexity index is 547. The molecule has 0 aliphatic rings. The minimum atomic E-state index is -0.356. The zero-order chi connectivity index (χ0) is 14.5. The van der Waals surface area contributed by atoms with Crippen LogP contribution in [0.1, 0.15) is 37.8 Å². The average Bonchev–Trinajstić information content (AvgIpc) is 3.06. The molecule has 2 rings (SSSR count). The van der Waals surface area contributed by atoms with Gasteiger partial charge in [-0.05, 0) is 39.3 Å². The van der Waals surface area contributed by atoms with Crippen LogP contribution in [-0.2, 0) is 11.2 Å². The van der Waals surface area contributed by atoms with Gasteiger partial charge in [-0.2, -0.15) is 5.10 Å². The van der Waals surface area contributed by atoms with Gasteiger partial charge >= 0.3 is 0 Å². The van der Waals surface area contributed by atoms with Crippen molar-refractivity contribution in [2.24, 2.45) is 0 Å². The molecule has 2 aromatic heterocycles. The third-order valence-corrected chi connectivity index (χ3v) is 3.22. The summed E-state index contributed by atoms with van der Waals surface area (Å²) in [6.45, 7) is 5.71. The fourth-order valence-electron chi connectivity index (χ4n) is 1.95. The number of aromatic nitrogens is 3. The van der Waals surface area contributed by atoms with Gasteiger partial charge in [-0.3, -0.25) is 4.79 Å². The predicted octanol–water partition coefficient (Wildman–Crippen LogP) is 1.88. The van der Waals surface area contributed by atoms with Crippen molar-refractivity contribution >= 4 is 5.91 Å². The number of aryl methyl sites for hydroxylation is 2. The van der Waals surface area contributed by atoms with E-state index < -0.39 is 0 Å². The molecule has 0 saturated heterocycles. The number of carbonyl (C=O) groups is 1. The van der Waals surface area contributed by atoms with Crippen LogP contribution < -0.4 is 5.32 Å². The molecule has 0 aromatic carbocycles. The summed E-state index contributed by atoms with van der Waals surface area (Å²) in [6.07, 6.45) is 4.61. The van der Waals surface area contributed by atoms with Gasteiger partial charge in [-0.25, -0.2) is 9.67 Å². The first-order valence-corrected chi connectivity index (χ1v) is 6.76. The molecular formula is C14H20N4O2. The van der Waals surface area contributed by atoms with Gasteiger partial charge in [0.15, 0.2) is 0 Å². The first kappa shape index (κ1) is 14.3. The van der Waals surface area contributed by atoms with E-state index in [9.17, 15) is 4.79 Å². The summed E-state index contributed by atoms with van der Waals surface area (Å²) in [6, 6.07) is 3.65. The van der Waals surface area contributed by atoms with Crippen LogP contribution in [0.2, 0.25) is 0 Å². The molecular weight excluding hydrogens is 256 g/mol. The largest absolute Gasteiger partial charge is 0.466 e. The quantitative estimate of drug-likeness (QED) is 0.874. The maximum absolute atomic E-state index is 12.0. The molecule has 0 radical (unpaired) electrons. The van der Waals surface area contributed by atoms with Crippen LogP contribution in [0.15, 0.2) is 29.2 Å². The van der Waals surface area contributed by atoms with Crippen LogP contribution in [0, 0.1) is 6.92 Å². The van der Waals surface area contributed by atoms with Crippen LogP contribution >= 0.6 is 0 Å². The normalized spacial score (nSPS) is 13.9. The van der Waals surface area contributed by atoms with Crippen LogP contribution in [0.4, 0.5) is 0 Å². The Kier molecular flexibility index (Phi) is 4.55. The second kappa shape index (κ2) is 6.36. The summed E-state index contributed by atoms with van der Waals surface area (Å²) in [5.41, 5.74) is 0. The third kappa shape index (κ3) is 3.69. The van der Waals surface area contributed by atoms with Crippen molar-refractivity contribution in [3.63, 3.8) is 0 Å². The smallest absolute Gasteiger partial charge is 0.244 e. The standard InChI is InChI=1S/C14H20N4O2/c1-10(4-6-13-7-5-11(2)20-13)17-14(19)12(3)18-9-15-8-16-18/h5,7-10,12H,4,6H2,1-3H3,(H,17,19)/t10-,12+/m0/s1. The van der Waals surface area contributed by atoms with E-state index >= 15 is 0 Å². The van der Waals surface area contributed by atoms with Gasteiger partial charge in [-0.1, -0.05) is 0 Å². The predicted molar refractivity (Wildman–Crippen MR) is 74.1 cm³/mol. The van der Waals surface area contributed by atoms with E-state index in [1.165, 1.54) is 11.0 Å². The van der Waals surface area contributed by atoms with Crippen molar-refractivity contribution in [3.8, 4) is 0 Å². The minimum Gasteiger partial charge on any atom is -0.466 e. The number of nitrogens with zero attached hydrogens (tertiary/aromatic N) is 3. The maximum atomic E-state index is 12.0. The number of carbonyl (C=O) groups excluding carboxylic acids is 1. The molecule has 0 aliphatic heterocycles. The Morgan fingerprint density at radius 3 is 2.85 bits per heavy atom. The molecule has 0 fully saturated rings. The van der Waals surface area contributed by atoms with Crippen molar-refractivity contribution in [2.45, 2.75) is 45.7 Å². The maximum Gasteiger partial charge on any atom is 0.244 e. The van der Waals surface area contributed by atoms with E-state index in [2.05, 4.69) is 15.4 Å². The lowest BCUT2D eigenvalue weighted by atomic mass is 10.1. The van der Waals surface area contributed by atoms with E-state index in [1.54, 1.807) is 13.3 Å². The number of furan rings is 1. The first-order chi connectivity index (χ1) is 9.56. The van der Waals surface area contributed by atoms with Crippen LogP contribution in [0.3, 0.4) is 0 Å². The van der Waals surface area contributed by atoms with E-state index in [1.807, 2.05) is 26.0 Å². The van der Waals surface area contributed by atoms with Crippen molar-refractivity contribution in [1.82, 2.24) is 20.1 Å². The van der Waals surface area contributed by atoms with E-state index in [0.717, 1.165) is 24.4 Å². The molecule has 20 heavy (non-hydrogen) atoms. The summed E-state index contributed by atoms with van der Waals surface area (Å²) < 4.78 is 7.05. The molecule has 1 N–H and O–H groups in total. The molecule has 108 valence electrons. The van der Waals surface area contributed by atoms with Gasteiger partial charge < -0.3 is 9.73 Å². The number of rotatable bonds is 6. The minimum absolute atomic E-state index is 0.0568. The Hall–Kier alpha value is -2.11. The van der Waals surface area contributed by atoms with Crippen LogP contribution in [0.25, 0.3) is 0 Å². The Morgan fingerprint density at radius 2 is 2.25 bits per heavy atom. The monoisotopic (exact) mass is 276 g/mol. The number of hydrogen-bond acceptors (Lipinski definition) is 4. The first-order valence-electron chi connectivity index (χ1n) is 6.76. The highest BCUT2D eigenvalue weighted by Gasteiger charge is 2.17. The van der Waals surface area contributed by atoms with E-state index in [4.69, 9.17) is 4.42 Å². The molecule has 2 heterocycles. The molecule has 0 aliphatic carbocycles. The molecule has 6 nitrogen and oxygen atoms in total. The Labute approximate surface area is 118 Å². The molecule has 0 bridgehead atoms. The van der Waals surface area contributed by atoms with Crippen molar-refractivity contribution < 1.29 is 9.21 Å². The highest BCUT2D eigenvalue weighted by atomic mass is 16.3. The van der Waals surface area contributed by atoms with Crippen molar-refractivity contribution in [3.05, 3.63) is 36.3 Å². The lowest BCUT2D eigenvalue weighted by Gasteiger charge is -2.17. The molecule has 2 aromatic rings. The van der Waals surface area contributed by atoms with E-state index in [0.29, 0.717) is 0 Å². The van der Waals surface area contributed by atoms with Gasteiger partial charge in [-0.15, -0.1) is 0 Å². The Morgan fingerprint density at radius 1 is 1.45 bits per heavy atom.